The number of hydrogen-bond donors (Lipinski definition) is 3. The lowest BCUT2D eigenvalue weighted by molar-refractivity contribution is 0.0529. The number of urea groups is 1. The minimum Gasteiger partial charge on any atom is -0.386 e. The van der Waals surface area contributed by atoms with Crippen molar-refractivity contribution in [2.75, 3.05) is 26.3 Å². The Bertz CT molecular complexity index is 251. The summed E-state index contributed by atoms with van der Waals surface area (Å²) in [6.07, 6.45) is 1.58. The fourth-order valence-corrected chi connectivity index (χ4v) is 1.60. The number of morpholine rings is 1. The Kier molecular flexibility index (Phi) is 5.04. The zero-order valence-electron chi connectivity index (χ0n) is 9.66. The number of ether oxygens (including phenoxy) is 1. The second-order valence-corrected chi connectivity index (χ2v) is 3.85. The zero-order chi connectivity index (χ0) is 12.0. The van der Waals surface area contributed by atoms with Crippen LogP contribution in [-0.4, -0.2) is 49.1 Å². The molecular formula is C10H20N4O2. The van der Waals surface area contributed by atoms with E-state index in [2.05, 4.69) is 5.32 Å². The summed E-state index contributed by atoms with van der Waals surface area (Å²) in [6.45, 7) is 4.35. The molecule has 16 heavy (non-hydrogen) atoms. The highest BCUT2D eigenvalue weighted by Crippen LogP contribution is 2.01. The molecule has 0 aromatic carbocycles. The number of amides is 2. The van der Waals surface area contributed by atoms with E-state index < -0.39 is 0 Å². The molecule has 92 valence electrons. The zero-order valence-corrected chi connectivity index (χ0v) is 9.66. The van der Waals surface area contributed by atoms with Crippen LogP contribution in [0.5, 0.6) is 0 Å². The quantitative estimate of drug-likeness (QED) is 0.472. The molecule has 0 aromatic heterocycles. The predicted molar refractivity (Wildman–Crippen MR) is 61.5 cm³/mol. The summed E-state index contributed by atoms with van der Waals surface area (Å²) in [7, 11) is 0. The van der Waals surface area contributed by atoms with Crippen LogP contribution >= 0.6 is 0 Å². The molecular weight excluding hydrogens is 208 g/mol. The lowest BCUT2D eigenvalue weighted by atomic mass is 10.1. The highest BCUT2D eigenvalue weighted by molar-refractivity contribution is 5.87. The van der Waals surface area contributed by atoms with Gasteiger partial charge in [0.15, 0.2) is 0 Å². The Morgan fingerprint density at radius 2 is 2.19 bits per heavy atom. The van der Waals surface area contributed by atoms with Gasteiger partial charge in [-0.05, 0) is 6.42 Å². The molecule has 2 amide bonds. The summed E-state index contributed by atoms with van der Waals surface area (Å²) in [6, 6.07) is -0.503. The minimum absolute atomic E-state index is 0.0171. The van der Waals surface area contributed by atoms with E-state index in [9.17, 15) is 4.79 Å². The average molecular weight is 228 g/mol. The largest absolute Gasteiger partial charge is 0.386 e. The van der Waals surface area contributed by atoms with Gasteiger partial charge in [0.05, 0.1) is 19.3 Å². The number of amidine groups is 1. The standard InChI is InChI=1S/C10H20N4O2/c1-2-3-8(9(11)12)13-10(15)14-4-6-16-7-5-14/h8H,2-7H2,1H3,(H3,11,12)(H,13,15). The van der Waals surface area contributed by atoms with Gasteiger partial charge in [-0.2, -0.15) is 0 Å². The Morgan fingerprint density at radius 1 is 1.56 bits per heavy atom. The van der Waals surface area contributed by atoms with E-state index in [1.54, 1.807) is 4.90 Å². The van der Waals surface area contributed by atoms with Crippen molar-refractivity contribution in [1.29, 1.82) is 5.41 Å². The number of hydrogen-bond acceptors (Lipinski definition) is 3. The summed E-state index contributed by atoms with van der Waals surface area (Å²) in [5.41, 5.74) is 5.43. The SMILES string of the molecule is CCCC(NC(=O)N1CCOCC1)C(=N)N. The second-order valence-electron chi connectivity index (χ2n) is 3.85. The molecule has 6 heteroatoms. The molecule has 1 aliphatic rings. The first kappa shape index (κ1) is 12.8. The van der Waals surface area contributed by atoms with E-state index in [0.29, 0.717) is 32.7 Å². The predicted octanol–water partition coefficient (Wildman–Crippen LogP) is 0.133. The molecule has 1 saturated heterocycles. The van der Waals surface area contributed by atoms with Crippen LogP contribution in [0.2, 0.25) is 0 Å². The van der Waals surface area contributed by atoms with Crippen molar-refractivity contribution in [2.45, 2.75) is 25.8 Å². The van der Waals surface area contributed by atoms with Gasteiger partial charge in [-0.1, -0.05) is 13.3 Å². The molecule has 0 aliphatic carbocycles. The Balaban J connectivity index is 2.43. The minimum atomic E-state index is -0.347. The average Bonchev–Trinajstić information content (AvgIpc) is 2.29. The van der Waals surface area contributed by atoms with Crippen molar-refractivity contribution >= 4 is 11.9 Å². The molecule has 4 N–H and O–H groups in total. The van der Waals surface area contributed by atoms with Crippen molar-refractivity contribution in [2.24, 2.45) is 5.73 Å². The highest BCUT2D eigenvalue weighted by atomic mass is 16.5. The van der Waals surface area contributed by atoms with E-state index in [1.165, 1.54) is 0 Å². The first-order chi connectivity index (χ1) is 7.65. The Labute approximate surface area is 95.6 Å². The van der Waals surface area contributed by atoms with Gasteiger partial charge in [-0.3, -0.25) is 5.41 Å². The van der Waals surface area contributed by atoms with Crippen molar-refractivity contribution in [3.8, 4) is 0 Å². The van der Waals surface area contributed by atoms with Crippen molar-refractivity contribution in [3.63, 3.8) is 0 Å². The van der Waals surface area contributed by atoms with Crippen LogP contribution in [0.25, 0.3) is 0 Å². The van der Waals surface area contributed by atoms with Gasteiger partial charge >= 0.3 is 6.03 Å². The first-order valence-electron chi connectivity index (χ1n) is 5.62. The molecule has 0 radical (unpaired) electrons. The Morgan fingerprint density at radius 3 is 2.69 bits per heavy atom. The lowest BCUT2D eigenvalue weighted by Crippen LogP contribution is -2.52. The van der Waals surface area contributed by atoms with Crippen LogP contribution in [0.1, 0.15) is 19.8 Å². The summed E-state index contributed by atoms with van der Waals surface area (Å²) in [5, 5.41) is 10.2. The van der Waals surface area contributed by atoms with E-state index in [1.807, 2.05) is 6.92 Å². The van der Waals surface area contributed by atoms with Crippen LogP contribution in [0.4, 0.5) is 4.79 Å². The monoisotopic (exact) mass is 228 g/mol. The van der Waals surface area contributed by atoms with Crippen LogP contribution in [0.3, 0.4) is 0 Å². The van der Waals surface area contributed by atoms with Gasteiger partial charge in [-0.15, -0.1) is 0 Å². The Hall–Kier alpha value is -1.30. The third-order valence-corrected chi connectivity index (χ3v) is 2.55. The maximum absolute atomic E-state index is 11.8. The van der Waals surface area contributed by atoms with Gasteiger partial charge < -0.3 is 20.7 Å². The van der Waals surface area contributed by atoms with E-state index >= 15 is 0 Å². The van der Waals surface area contributed by atoms with Crippen LogP contribution < -0.4 is 11.1 Å². The molecule has 1 rings (SSSR count). The molecule has 0 bridgehead atoms. The number of nitrogens with zero attached hydrogens (tertiary/aromatic N) is 1. The van der Waals surface area contributed by atoms with Gasteiger partial charge in [0.2, 0.25) is 0 Å². The molecule has 0 saturated carbocycles. The lowest BCUT2D eigenvalue weighted by Gasteiger charge is -2.29. The van der Waals surface area contributed by atoms with Crippen LogP contribution in [0, 0.1) is 5.41 Å². The van der Waals surface area contributed by atoms with Crippen molar-refractivity contribution in [3.05, 3.63) is 0 Å². The number of carbonyl (C=O) groups excluding carboxylic acids is 1. The molecule has 0 aromatic rings. The third-order valence-electron chi connectivity index (χ3n) is 2.55. The van der Waals surface area contributed by atoms with Crippen molar-refractivity contribution < 1.29 is 9.53 Å². The van der Waals surface area contributed by atoms with Crippen LogP contribution in [-0.2, 0) is 4.74 Å². The van der Waals surface area contributed by atoms with Gasteiger partial charge in [0, 0.05) is 13.1 Å². The van der Waals surface area contributed by atoms with E-state index in [0.717, 1.165) is 6.42 Å². The highest BCUT2D eigenvalue weighted by Gasteiger charge is 2.20. The third kappa shape index (κ3) is 3.69. The molecule has 1 aliphatic heterocycles. The number of rotatable bonds is 4. The fraction of sp³-hybridized carbons (Fsp3) is 0.800. The second kappa shape index (κ2) is 6.32. The van der Waals surface area contributed by atoms with Gasteiger partial charge in [0.1, 0.15) is 5.84 Å². The summed E-state index contributed by atoms with van der Waals surface area (Å²) in [5.74, 6) is 0.0171. The van der Waals surface area contributed by atoms with E-state index in [-0.39, 0.29) is 17.9 Å². The summed E-state index contributed by atoms with van der Waals surface area (Å²) >= 11 is 0. The van der Waals surface area contributed by atoms with Crippen molar-refractivity contribution in [1.82, 2.24) is 10.2 Å². The smallest absolute Gasteiger partial charge is 0.318 e. The van der Waals surface area contributed by atoms with Gasteiger partial charge in [0.25, 0.3) is 0 Å². The number of nitrogens with two attached hydrogens (primary N) is 1. The van der Waals surface area contributed by atoms with Crippen LogP contribution in [0.15, 0.2) is 0 Å². The normalized spacial score (nSPS) is 17.9. The first-order valence-corrected chi connectivity index (χ1v) is 5.62. The summed E-state index contributed by atoms with van der Waals surface area (Å²) < 4.78 is 5.16. The fourth-order valence-electron chi connectivity index (χ4n) is 1.60. The molecule has 1 fully saturated rings. The molecule has 1 unspecified atom stereocenters. The van der Waals surface area contributed by atoms with Gasteiger partial charge in [-0.25, -0.2) is 4.79 Å². The molecule has 6 nitrogen and oxygen atoms in total. The topological polar surface area (TPSA) is 91.4 Å². The molecule has 1 atom stereocenters. The molecule has 0 spiro atoms. The maximum Gasteiger partial charge on any atom is 0.318 e. The number of nitrogens with one attached hydrogen (secondary N) is 2. The summed E-state index contributed by atoms with van der Waals surface area (Å²) in [4.78, 5) is 13.5. The maximum atomic E-state index is 11.8. The van der Waals surface area contributed by atoms with E-state index in [4.69, 9.17) is 15.9 Å². The number of carbonyl (C=O) groups is 1. The molecule has 1 heterocycles.